The predicted octanol–water partition coefficient (Wildman–Crippen LogP) is 5.90. The van der Waals surface area contributed by atoms with E-state index in [4.69, 9.17) is 9.47 Å². The predicted molar refractivity (Wildman–Crippen MR) is 129 cm³/mol. The van der Waals surface area contributed by atoms with Crippen LogP contribution in [-0.4, -0.2) is 46.3 Å². The van der Waals surface area contributed by atoms with Crippen LogP contribution in [0.4, 0.5) is 0 Å². The fourth-order valence-electron chi connectivity index (χ4n) is 4.52. The standard InChI is InChI=1S/C26H46O8/c1-5-8-11-14-17-25(18-15-12-9-6-2,24(32)34-21(4)27)26(23(30)31,20-22(28)29)33-19-16-13-10-7-3/h5-20H2,1-4H3,(H,28,29)(H,30,31). The third-order valence-electron chi connectivity index (χ3n) is 6.41. The zero-order valence-electron chi connectivity index (χ0n) is 21.7. The number of hydrogen-bond acceptors (Lipinski definition) is 6. The van der Waals surface area contributed by atoms with E-state index in [9.17, 15) is 29.4 Å². The SMILES string of the molecule is CCCCCCOC(CC(=O)O)(C(=O)O)C(CCCCCC)(CCCCCC)C(=O)OC(C)=O. The molecule has 0 radical (unpaired) electrons. The molecule has 1 unspecified atom stereocenters. The van der Waals surface area contributed by atoms with Crippen molar-refractivity contribution in [3.05, 3.63) is 0 Å². The molecule has 0 saturated carbocycles. The number of esters is 2. The lowest BCUT2D eigenvalue weighted by atomic mass is 9.63. The molecule has 8 heteroatoms. The molecular formula is C26H46O8. The molecule has 0 aliphatic rings. The summed E-state index contributed by atoms with van der Waals surface area (Å²) < 4.78 is 10.9. The van der Waals surface area contributed by atoms with Crippen LogP contribution in [0.1, 0.15) is 124 Å². The van der Waals surface area contributed by atoms with Crippen molar-refractivity contribution >= 4 is 23.9 Å². The summed E-state index contributed by atoms with van der Waals surface area (Å²) in [6, 6.07) is 0. The minimum Gasteiger partial charge on any atom is -0.481 e. The van der Waals surface area contributed by atoms with Crippen molar-refractivity contribution in [2.24, 2.45) is 5.41 Å². The monoisotopic (exact) mass is 486 g/mol. The van der Waals surface area contributed by atoms with E-state index in [1.54, 1.807) is 0 Å². The molecule has 1 atom stereocenters. The summed E-state index contributed by atoms with van der Waals surface area (Å²) >= 11 is 0. The second-order valence-electron chi connectivity index (χ2n) is 9.20. The Labute approximate surface area is 204 Å². The van der Waals surface area contributed by atoms with E-state index >= 15 is 0 Å². The van der Waals surface area contributed by atoms with Crippen molar-refractivity contribution in [1.82, 2.24) is 0 Å². The maximum Gasteiger partial charge on any atom is 0.337 e. The van der Waals surface area contributed by atoms with E-state index in [0.717, 1.165) is 64.7 Å². The van der Waals surface area contributed by atoms with Gasteiger partial charge in [-0.15, -0.1) is 0 Å². The first kappa shape index (κ1) is 32.0. The highest BCUT2D eigenvalue weighted by molar-refractivity contribution is 5.96. The minimum absolute atomic E-state index is 0.0125. The summed E-state index contributed by atoms with van der Waals surface area (Å²) in [6.45, 7) is 7.21. The van der Waals surface area contributed by atoms with Gasteiger partial charge in [0.2, 0.25) is 0 Å². The summed E-state index contributed by atoms with van der Waals surface area (Å²) in [5.41, 5.74) is -4.11. The highest BCUT2D eigenvalue weighted by atomic mass is 16.6. The van der Waals surface area contributed by atoms with Gasteiger partial charge in [-0.3, -0.25) is 14.4 Å². The molecule has 0 saturated heterocycles. The maximum absolute atomic E-state index is 13.5. The number of rotatable bonds is 21. The normalized spacial score (nSPS) is 13.3. The third-order valence-corrected chi connectivity index (χ3v) is 6.41. The molecule has 0 aromatic rings. The molecule has 0 aromatic carbocycles. The van der Waals surface area contributed by atoms with Crippen LogP contribution in [0.3, 0.4) is 0 Å². The molecule has 0 aliphatic heterocycles. The van der Waals surface area contributed by atoms with E-state index in [1.807, 2.05) is 20.8 Å². The van der Waals surface area contributed by atoms with Gasteiger partial charge in [-0.25, -0.2) is 4.79 Å². The van der Waals surface area contributed by atoms with E-state index in [1.165, 1.54) is 0 Å². The van der Waals surface area contributed by atoms with Crippen molar-refractivity contribution in [2.45, 2.75) is 130 Å². The Morgan fingerprint density at radius 2 is 1.18 bits per heavy atom. The fourth-order valence-corrected chi connectivity index (χ4v) is 4.52. The molecule has 0 aliphatic carbocycles. The van der Waals surface area contributed by atoms with Gasteiger partial charge < -0.3 is 19.7 Å². The lowest BCUT2D eigenvalue weighted by molar-refractivity contribution is -0.211. The zero-order valence-corrected chi connectivity index (χ0v) is 21.7. The second kappa shape index (κ2) is 17.5. The first-order chi connectivity index (χ1) is 16.1. The van der Waals surface area contributed by atoms with Crippen LogP contribution in [0.5, 0.6) is 0 Å². The van der Waals surface area contributed by atoms with Gasteiger partial charge in [-0.2, -0.15) is 0 Å². The Morgan fingerprint density at radius 1 is 0.706 bits per heavy atom. The van der Waals surface area contributed by atoms with Gasteiger partial charge in [-0.1, -0.05) is 91.4 Å². The third kappa shape index (κ3) is 10.1. The van der Waals surface area contributed by atoms with Crippen molar-refractivity contribution in [3.63, 3.8) is 0 Å². The van der Waals surface area contributed by atoms with Gasteiger partial charge in [0.15, 0.2) is 5.60 Å². The number of carbonyl (C=O) groups excluding carboxylic acids is 2. The smallest absolute Gasteiger partial charge is 0.337 e. The Morgan fingerprint density at radius 3 is 1.56 bits per heavy atom. The van der Waals surface area contributed by atoms with Crippen LogP contribution in [0.15, 0.2) is 0 Å². The summed E-state index contributed by atoms with van der Waals surface area (Å²) in [6.07, 6.45) is 8.72. The highest BCUT2D eigenvalue weighted by Gasteiger charge is 2.63. The quantitative estimate of drug-likeness (QED) is 0.117. The van der Waals surface area contributed by atoms with Gasteiger partial charge >= 0.3 is 23.9 Å². The fraction of sp³-hybridized carbons (Fsp3) is 0.846. The summed E-state index contributed by atoms with van der Waals surface area (Å²) in [4.78, 5) is 50.0. The van der Waals surface area contributed by atoms with Crippen molar-refractivity contribution < 1.29 is 38.9 Å². The molecule has 0 heterocycles. The van der Waals surface area contributed by atoms with E-state index in [2.05, 4.69) is 0 Å². The number of unbranched alkanes of at least 4 members (excludes halogenated alkanes) is 9. The van der Waals surface area contributed by atoms with Crippen molar-refractivity contribution in [1.29, 1.82) is 0 Å². The molecule has 8 nitrogen and oxygen atoms in total. The molecule has 0 fully saturated rings. The average molecular weight is 487 g/mol. The highest BCUT2D eigenvalue weighted by Crippen LogP contribution is 2.48. The van der Waals surface area contributed by atoms with E-state index < -0.39 is 41.3 Å². The number of carboxylic acid groups (broad SMARTS) is 2. The largest absolute Gasteiger partial charge is 0.481 e. The number of aliphatic carboxylic acids is 2. The van der Waals surface area contributed by atoms with Crippen LogP contribution in [0.2, 0.25) is 0 Å². The summed E-state index contributed by atoms with van der Waals surface area (Å²) in [5, 5.41) is 20.1. The van der Waals surface area contributed by atoms with E-state index in [0.29, 0.717) is 19.3 Å². The molecule has 34 heavy (non-hydrogen) atoms. The number of hydrogen-bond donors (Lipinski definition) is 2. The van der Waals surface area contributed by atoms with Crippen LogP contribution >= 0.6 is 0 Å². The molecule has 0 bridgehead atoms. The summed E-state index contributed by atoms with van der Waals surface area (Å²) in [5.74, 6) is -4.73. The molecule has 198 valence electrons. The van der Waals surface area contributed by atoms with Crippen LogP contribution in [0, 0.1) is 5.41 Å². The van der Waals surface area contributed by atoms with Gasteiger partial charge in [-0.05, 0) is 19.3 Å². The Balaban J connectivity index is 6.52. The van der Waals surface area contributed by atoms with Crippen molar-refractivity contribution in [3.8, 4) is 0 Å². The molecular weight excluding hydrogens is 440 g/mol. The lowest BCUT2D eigenvalue weighted by Crippen LogP contribution is -2.61. The zero-order chi connectivity index (χ0) is 26.0. The number of ether oxygens (including phenoxy) is 2. The van der Waals surface area contributed by atoms with Gasteiger partial charge in [0.1, 0.15) is 5.41 Å². The second-order valence-corrected chi connectivity index (χ2v) is 9.20. The minimum atomic E-state index is -2.32. The van der Waals surface area contributed by atoms with E-state index in [-0.39, 0.29) is 19.4 Å². The Bertz CT molecular complexity index is 618. The molecule has 0 amide bonds. The van der Waals surface area contributed by atoms with Crippen molar-refractivity contribution in [2.75, 3.05) is 6.61 Å². The van der Waals surface area contributed by atoms with Gasteiger partial charge in [0, 0.05) is 13.5 Å². The summed E-state index contributed by atoms with van der Waals surface area (Å²) in [7, 11) is 0. The van der Waals surface area contributed by atoms with Crippen LogP contribution in [0.25, 0.3) is 0 Å². The Hall–Kier alpha value is -1.96. The lowest BCUT2D eigenvalue weighted by Gasteiger charge is -2.45. The first-order valence-electron chi connectivity index (χ1n) is 13.0. The maximum atomic E-state index is 13.5. The molecule has 0 rings (SSSR count). The number of carbonyl (C=O) groups is 4. The van der Waals surface area contributed by atoms with Gasteiger partial charge in [0.25, 0.3) is 0 Å². The number of carboxylic acids is 2. The molecule has 0 spiro atoms. The van der Waals surface area contributed by atoms with Gasteiger partial charge in [0.05, 0.1) is 6.42 Å². The first-order valence-corrected chi connectivity index (χ1v) is 13.0. The topological polar surface area (TPSA) is 127 Å². The van der Waals surface area contributed by atoms with Crippen LogP contribution in [-0.2, 0) is 28.7 Å². The average Bonchev–Trinajstić information content (AvgIpc) is 2.76. The van der Waals surface area contributed by atoms with Crippen LogP contribution < -0.4 is 0 Å². The molecule has 0 aromatic heterocycles. The molecule has 2 N–H and O–H groups in total. The Kier molecular flexibility index (Phi) is 16.5.